The number of likely N-dealkylation sites (N-methyl/N-ethyl adjacent to an activating group) is 1. The van der Waals surface area contributed by atoms with Crippen molar-refractivity contribution < 1.29 is 13.5 Å². The Morgan fingerprint density at radius 1 is 1.24 bits per heavy atom. The molecule has 1 aliphatic rings. The van der Waals surface area contributed by atoms with Gasteiger partial charge in [-0.1, -0.05) is 11.8 Å². The monoisotopic (exact) mass is 308 g/mol. The van der Waals surface area contributed by atoms with Gasteiger partial charge in [-0.25, -0.2) is 8.42 Å². The van der Waals surface area contributed by atoms with Gasteiger partial charge in [-0.05, 0) is 37.7 Å². The third kappa shape index (κ3) is 3.63. The third-order valence-corrected chi connectivity index (χ3v) is 5.49. The van der Waals surface area contributed by atoms with Crippen molar-refractivity contribution in [1.29, 1.82) is 0 Å². The quantitative estimate of drug-likeness (QED) is 0.797. The maximum absolute atomic E-state index is 12.6. The Labute approximate surface area is 126 Å². The molecule has 0 aliphatic carbocycles. The van der Waals surface area contributed by atoms with Gasteiger partial charge in [0, 0.05) is 31.7 Å². The van der Waals surface area contributed by atoms with Gasteiger partial charge in [0.25, 0.3) is 0 Å². The number of hydrogen-bond donors (Lipinski definition) is 1. The van der Waals surface area contributed by atoms with E-state index in [1.54, 1.807) is 18.2 Å². The SMILES string of the molecule is Cc1cc(S(=O)(=O)N2CCN(C)CC2)ccc1C#CCO. The standard InChI is InChI=1S/C15H20N2O3S/c1-13-12-15(6-5-14(13)4-3-11-18)21(19,20)17-9-7-16(2)8-10-17/h5-6,12,18H,7-11H2,1-2H3. The number of piperazine rings is 1. The molecule has 1 N–H and O–H groups in total. The highest BCUT2D eigenvalue weighted by Crippen LogP contribution is 2.20. The summed E-state index contributed by atoms with van der Waals surface area (Å²) in [7, 11) is -1.45. The van der Waals surface area contributed by atoms with Crippen LogP contribution in [-0.4, -0.2) is 62.6 Å². The lowest BCUT2D eigenvalue weighted by molar-refractivity contribution is 0.222. The van der Waals surface area contributed by atoms with Gasteiger partial charge in [0.15, 0.2) is 0 Å². The maximum Gasteiger partial charge on any atom is 0.243 e. The molecular weight excluding hydrogens is 288 g/mol. The van der Waals surface area contributed by atoms with Gasteiger partial charge < -0.3 is 10.0 Å². The molecule has 0 amide bonds. The molecule has 0 saturated carbocycles. The molecule has 21 heavy (non-hydrogen) atoms. The normalized spacial score (nSPS) is 17.3. The summed E-state index contributed by atoms with van der Waals surface area (Å²) in [4.78, 5) is 2.42. The topological polar surface area (TPSA) is 60.9 Å². The van der Waals surface area contributed by atoms with Crippen molar-refractivity contribution >= 4 is 10.0 Å². The maximum atomic E-state index is 12.6. The molecule has 6 heteroatoms. The first-order valence-electron chi connectivity index (χ1n) is 6.84. The van der Waals surface area contributed by atoms with E-state index in [-0.39, 0.29) is 6.61 Å². The number of aliphatic hydroxyl groups excluding tert-OH is 1. The Morgan fingerprint density at radius 2 is 1.90 bits per heavy atom. The van der Waals surface area contributed by atoms with Gasteiger partial charge >= 0.3 is 0 Å². The Balaban J connectivity index is 2.26. The summed E-state index contributed by atoms with van der Waals surface area (Å²) in [5.74, 6) is 5.38. The van der Waals surface area contributed by atoms with Crippen LogP contribution in [0.15, 0.2) is 23.1 Å². The molecule has 1 aromatic rings. The second kappa shape index (κ2) is 6.58. The highest BCUT2D eigenvalue weighted by atomic mass is 32.2. The van der Waals surface area contributed by atoms with E-state index in [1.807, 2.05) is 14.0 Å². The summed E-state index contributed by atoms with van der Waals surface area (Å²) in [6.45, 7) is 4.15. The lowest BCUT2D eigenvalue weighted by Gasteiger charge is -2.31. The number of aryl methyl sites for hydroxylation is 1. The summed E-state index contributed by atoms with van der Waals surface area (Å²) in [6, 6.07) is 4.93. The average Bonchev–Trinajstić information content (AvgIpc) is 2.46. The van der Waals surface area contributed by atoms with Crippen LogP contribution in [0.1, 0.15) is 11.1 Å². The van der Waals surface area contributed by atoms with Crippen LogP contribution in [0.4, 0.5) is 0 Å². The van der Waals surface area contributed by atoms with Gasteiger partial charge in [0.2, 0.25) is 10.0 Å². The van der Waals surface area contributed by atoms with Crippen LogP contribution in [0.3, 0.4) is 0 Å². The van der Waals surface area contributed by atoms with Gasteiger partial charge in [-0.2, -0.15) is 4.31 Å². The number of nitrogens with zero attached hydrogens (tertiary/aromatic N) is 2. The van der Waals surface area contributed by atoms with Crippen LogP contribution in [0.25, 0.3) is 0 Å². The molecule has 1 heterocycles. The lowest BCUT2D eigenvalue weighted by Crippen LogP contribution is -2.47. The van der Waals surface area contributed by atoms with Gasteiger partial charge in [-0.15, -0.1) is 0 Å². The van der Waals surface area contributed by atoms with Crippen molar-refractivity contribution in [3.63, 3.8) is 0 Å². The van der Waals surface area contributed by atoms with E-state index in [0.717, 1.165) is 24.2 Å². The molecule has 5 nitrogen and oxygen atoms in total. The summed E-state index contributed by atoms with van der Waals surface area (Å²) in [6.07, 6.45) is 0. The molecule has 1 fully saturated rings. The predicted molar refractivity (Wildman–Crippen MR) is 81.4 cm³/mol. The van der Waals surface area contributed by atoms with Crippen molar-refractivity contribution in [2.75, 3.05) is 39.8 Å². The Kier molecular flexibility index (Phi) is 5.01. The first-order chi connectivity index (χ1) is 9.95. The Morgan fingerprint density at radius 3 is 2.48 bits per heavy atom. The summed E-state index contributed by atoms with van der Waals surface area (Å²) < 4.78 is 26.7. The van der Waals surface area contributed by atoms with Crippen LogP contribution >= 0.6 is 0 Å². The molecule has 1 saturated heterocycles. The zero-order chi connectivity index (χ0) is 15.5. The fourth-order valence-electron chi connectivity index (χ4n) is 2.25. The lowest BCUT2D eigenvalue weighted by atomic mass is 10.1. The van der Waals surface area contributed by atoms with E-state index in [9.17, 15) is 8.42 Å². The van der Waals surface area contributed by atoms with Crippen molar-refractivity contribution in [2.24, 2.45) is 0 Å². The molecule has 0 spiro atoms. The van der Waals surface area contributed by atoms with Crippen molar-refractivity contribution in [3.05, 3.63) is 29.3 Å². The Bertz CT molecular complexity index is 666. The fourth-order valence-corrected chi connectivity index (χ4v) is 3.76. The highest BCUT2D eigenvalue weighted by molar-refractivity contribution is 7.89. The average molecular weight is 308 g/mol. The van der Waals surface area contributed by atoms with E-state index in [2.05, 4.69) is 16.7 Å². The van der Waals surface area contributed by atoms with E-state index < -0.39 is 10.0 Å². The zero-order valence-electron chi connectivity index (χ0n) is 12.3. The minimum Gasteiger partial charge on any atom is -0.384 e. The second-order valence-electron chi connectivity index (χ2n) is 5.14. The van der Waals surface area contributed by atoms with Crippen LogP contribution in [0.2, 0.25) is 0 Å². The molecule has 114 valence electrons. The second-order valence-corrected chi connectivity index (χ2v) is 7.08. The number of hydrogen-bond acceptors (Lipinski definition) is 4. The number of rotatable bonds is 2. The van der Waals surface area contributed by atoms with E-state index in [1.165, 1.54) is 4.31 Å². The van der Waals surface area contributed by atoms with Crippen LogP contribution < -0.4 is 0 Å². The van der Waals surface area contributed by atoms with E-state index >= 15 is 0 Å². The number of sulfonamides is 1. The molecule has 0 aromatic heterocycles. The molecule has 0 radical (unpaired) electrons. The first kappa shape index (κ1) is 16.0. The molecule has 0 bridgehead atoms. The predicted octanol–water partition coefficient (Wildman–Crippen LogP) is 0.275. The molecule has 1 aliphatic heterocycles. The summed E-state index contributed by atoms with van der Waals surface area (Å²) in [5, 5.41) is 8.71. The molecule has 0 unspecified atom stereocenters. The molecule has 1 aromatic carbocycles. The zero-order valence-corrected chi connectivity index (χ0v) is 13.2. The first-order valence-corrected chi connectivity index (χ1v) is 8.28. The van der Waals surface area contributed by atoms with Crippen molar-refractivity contribution in [2.45, 2.75) is 11.8 Å². The summed E-state index contributed by atoms with van der Waals surface area (Å²) in [5.41, 5.74) is 1.53. The largest absolute Gasteiger partial charge is 0.384 e. The van der Waals surface area contributed by atoms with Gasteiger partial charge in [-0.3, -0.25) is 0 Å². The van der Waals surface area contributed by atoms with Crippen LogP contribution in [-0.2, 0) is 10.0 Å². The molecular formula is C15H20N2O3S. The highest BCUT2D eigenvalue weighted by Gasteiger charge is 2.27. The fraction of sp³-hybridized carbons (Fsp3) is 0.467. The summed E-state index contributed by atoms with van der Waals surface area (Å²) >= 11 is 0. The van der Waals surface area contributed by atoms with E-state index in [0.29, 0.717) is 18.0 Å². The number of benzene rings is 1. The van der Waals surface area contributed by atoms with Crippen LogP contribution in [0, 0.1) is 18.8 Å². The van der Waals surface area contributed by atoms with Gasteiger partial charge in [0.1, 0.15) is 6.61 Å². The smallest absolute Gasteiger partial charge is 0.243 e. The van der Waals surface area contributed by atoms with Gasteiger partial charge in [0.05, 0.1) is 4.90 Å². The minimum atomic E-state index is -3.44. The third-order valence-electron chi connectivity index (χ3n) is 3.60. The molecule has 0 atom stereocenters. The Hall–Kier alpha value is -1.39. The van der Waals surface area contributed by atoms with E-state index in [4.69, 9.17) is 5.11 Å². The van der Waals surface area contributed by atoms with Crippen LogP contribution in [0.5, 0.6) is 0 Å². The van der Waals surface area contributed by atoms with Crippen molar-refractivity contribution in [1.82, 2.24) is 9.21 Å². The number of aliphatic hydroxyl groups is 1. The van der Waals surface area contributed by atoms with Crippen molar-refractivity contribution in [3.8, 4) is 11.8 Å². The minimum absolute atomic E-state index is 0.208. The molecule has 2 rings (SSSR count).